The number of ketones is 2. The highest BCUT2D eigenvalue weighted by atomic mass is 16.5. The van der Waals surface area contributed by atoms with E-state index in [1.165, 1.54) is 5.57 Å². The first kappa shape index (κ1) is 15.2. The van der Waals surface area contributed by atoms with Crippen molar-refractivity contribution in [1.82, 2.24) is 0 Å². The molecule has 0 aromatic carbocycles. The van der Waals surface area contributed by atoms with Crippen LogP contribution >= 0.6 is 0 Å². The number of hydrogen-bond acceptors (Lipinski definition) is 3. The zero-order valence-electron chi connectivity index (χ0n) is 14.4. The van der Waals surface area contributed by atoms with Gasteiger partial charge in [-0.25, -0.2) is 0 Å². The molecule has 4 rings (SSSR count). The SMILES string of the molecule is COC1=CC2=CC[C@@H]3[C@H](C(=O)C[C@]4(C)C(=O)CC[C@@H]34)[C@@]2(C)CC1. The number of carbonyl (C=O) groups excluding carboxylic acids is 2. The lowest BCUT2D eigenvalue weighted by Gasteiger charge is -2.54. The van der Waals surface area contributed by atoms with Crippen LogP contribution in [-0.4, -0.2) is 18.7 Å². The van der Waals surface area contributed by atoms with E-state index in [2.05, 4.69) is 19.1 Å². The molecule has 0 radical (unpaired) electrons. The van der Waals surface area contributed by atoms with Crippen LogP contribution in [0.5, 0.6) is 0 Å². The highest BCUT2D eigenvalue weighted by molar-refractivity contribution is 5.95. The molecule has 0 aliphatic heterocycles. The van der Waals surface area contributed by atoms with Crippen molar-refractivity contribution in [1.29, 1.82) is 0 Å². The Morgan fingerprint density at radius 3 is 2.70 bits per heavy atom. The summed E-state index contributed by atoms with van der Waals surface area (Å²) in [7, 11) is 1.72. The van der Waals surface area contributed by atoms with Crippen molar-refractivity contribution < 1.29 is 14.3 Å². The molecule has 3 nitrogen and oxygen atoms in total. The maximum Gasteiger partial charge on any atom is 0.139 e. The van der Waals surface area contributed by atoms with Crippen LogP contribution in [-0.2, 0) is 14.3 Å². The molecule has 0 spiro atoms. The summed E-state index contributed by atoms with van der Waals surface area (Å²) in [5.41, 5.74) is 0.820. The van der Waals surface area contributed by atoms with Gasteiger partial charge < -0.3 is 4.74 Å². The van der Waals surface area contributed by atoms with Crippen molar-refractivity contribution in [3.8, 4) is 0 Å². The number of rotatable bonds is 1. The number of methoxy groups -OCH3 is 1. The summed E-state index contributed by atoms with van der Waals surface area (Å²) in [5.74, 6) is 2.49. The minimum Gasteiger partial charge on any atom is -0.501 e. The molecule has 0 unspecified atom stereocenters. The Kier molecular flexibility index (Phi) is 3.17. The van der Waals surface area contributed by atoms with Crippen molar-refractivity contribution in [3.05, 3.63) is 23.5 Å². The van der Waals surface area contributed by atoms with E-state index >= 15 is 0 Å². The second-order valence-corrected chi connectivity index (χ2v) is 8.40. The van der Waals surface area contributed by atoms with E-state index in [9.17, 15) is 9.59 Å². The fourth-order valence-corrected chi connectivity index (χ4v) is 6.07. The maximum atomic E-state index is 13.1. The standard InChI is InChI=1S/C20H26O3/c1-19-9-8-13(23-3)10-12(19)4-5-14-15-6-7-17(22)20(15,2)11-16(21)18(14)19/h4,10,14-15,18H,5-9,11H2,1-3H3/t14-,15-,18+,19-,20-/m0/s1. The molecular weight excluding hydrogens is 288 g/mol. The Balaban J connectivity index is 1.77. The highest BCUT2D eigenvalue weighted by Gasteiger charge is 2.61. The number of ether oxygens (including phenoxy) is 1. The van der Waals surface area contributed by atoms with Gasteiger partial charge in [0.2, 0.25) is 0 Å². The maximum absolute atomic E-state index is 13.1. The quantitative estimate of drug-likeness (QED) is 0.738. The van der Waals surface area contributed by atoms with Crippen molar-refractivity contribution in [2.45, 2.75) is 52.4 Å². The molecule has 124 valence electrons. The van der Waals surface area contributed by atoms with Gasteiger partial charge in [-0.15, -0.1) is 0 Å². The van der Waals surface area contributed by atoms with Gasteiger partial charge in [-0.1, -0.05) is 19.9 Å². The molecule has 5 atom stereocenters. The van der Waals surface area contributed by atoms with Gasteiger partial charge in [0, 0.05) is 36.0 Å². The van der Waals surface area contributed by atoms with E-state index in [0.29, 0.717) is 36.2 Å². The van der Waals surface area contributed by atoms with E-state index in [1.807, 2.05) is 6.92 Å². The van der Waals surface area contributed by atoms with E-state index in [0.717, 1.165) is 31.4 Å². The van der Waals surface area contributed by atoms with Gasteiger partial charge in [0.15, 0.2) is 0 Å². The topological polar surface area (TPSA) is 43.4 Å². The molecule has 23 heavy (non-hydrogen) atoms. The third-order valence-corrected chi connectivity index (χ3v) is 7.40. The lowest BCUT2D eigenvalue weighted by atomic mass is 9.48. The van der Waals surface area contributed by atoms with Crippen LogP contribution in [0.2, 0.25) is 0 Å². The summed E-state index contributed by atoms with van der Waals surface area (Å²) in [6.45, 7) is 4.31. The number of hydrogen-bond donors (Lipinski definition) is 0. The Morgan fingerprint density at radius 2 is 1.96 bits per heavy atom. The predicted octanol–water partition coefficient (Wildman–Crippen LogP) is 3.84. The van der Waals surface area contributed by atoms with Crippen molar-refractivity contribution in [2.24, 2.45) is 28.6 Å². The van der Waals surface area contributed by atoms with Gasteiger partial charge in [0.25, 0.3) is 0 Å². The van der Waals surface area contributed by atoms with Crippen molar-refractivity contribution in [2.75, 3.05) is 7.11 Å². The summed E-state index contributed by atoms with van der Waals surface area (Å²) in [6, 6.07) is 0. The molecule has 2 fully saturated rings. The molecule has 4 aliphatic carbocycles. The average molecular weight is 314 g/mol. The summed E-state index contributed by atoms with van der Waals surface area (Å²) in [4.78, 5) is 25.5. The van der Waals surface area contributed by atoms with Crippen LogP contribution in [0.4, 0.5) is 0 Å². The van der Waals surface area contributed by atoms with Crippen molar-refractivity contribution in [3.63, 3.8) is 0 Å². The fourth-order valence-electron chi connectivity index (χ4n) is 6.07. The molecule has 0 saturated heterocycles. The van der Waals surface area contributed by atoms with Crippen molar-refractivity contribution >= 4 is 11.6 Å². The fraction of sp³-hybridized carbons (Fsp3) is 0.700. The Bertz CT molecular complexity index is 643. The minimum absolute atomic E-state index is 0.0744. The molecule has 0 heterocycles. The first-order chi connectivity index (χ1) is 10.9. The summed E-state index contributed by atoms with van der Waals surface area (Å²) < 4.78 is 5.44. The van der Waals surface area contributed by atoms with Gasteiger partial charge in [-0.05, 0) is 42.7 Å². The normalized spacial score (nSPS) is 45.6. The van der Waals surface area contributed by atoms with Crippen LogP contribution < -0.4 is 0 Å². The van der Waals surface area contributed by atoms with E-state index in [1.54, 1.807) is 7.11 Å². The second-order valence-electron chi connectivity index (χ2n) is 8.40. The van der Waals surface area contributed by atoms with Gasteiger partial charge in [0.1, 0.15) is 11.6 Å². The first-order valence-corrected chi connectivity index (χ1v) is 8.91. The van der Waals surface area contributed by atoms with Gasteiger partial charge in [-0.2, -0.15) is 0 Å². The molecule has 3 heteroatoms. The van der Waals surface area contributed by atoms with E-state index < -0.39 is 0 Å². The second kappa shape index (κ2) is 4.81. The molecule has 4 aliphatic rings. The Labute approximate surface area is 138 Å². The lowest BCUT2D eigenvalue weighted by molar-refractivity contribution is -0.147. The van der Waals surface area contributed by atoms with Crippen LogP contribution in [0, 0.1) is 28.6 Å². The first-order valence-electron chi connectivity index (χ1n) is 8.91. The Hall–Kier alpha value is -1.38. The van der Waals surface area contributed by atoms with Crippen LogP contribution in [0.1, 0.15) is 52.4 Å². The predicted molar refractivity (Wildman–Crippen MR) is 87.6 cm³/mol. The zero-order chi connectivity index (χ0) is 16.4. The molecular formula is C20H26O3. The molecule has 0 aromatic heterocycles. The highest BCUT2D eigenvalue weighted by Crippen LogP contribution is 2.62. The minimum atomic E-state index is -0.387. The van der Waals surface area contributed by atoms with Gasteiger partial charge in [-0.3, -0.25) is 9.59 Å². The largest absolute Gasteiger partial charge is 0.501 e. The summed E-state index contributed by atoms with van der Waals surface area (Å²) in [6.07, 6.45) is 9.39. The number of carbonyl (C=O) groups is 2. The third-order valence-electron chi connectivity index (χ3n) is 7.40. The lowest BCUT2D eigenvalue weighted by Crippen LogP contribution is -2.54. The zero-order valence-corrected chi connectivity index (χ0v) is 14.4. The third kappa shape index (κ3) is 1.88. The number of fused-ring (bicyclic) bond motifs is 5. The molecule has 0 bridgehead atoms. The molecule has 0 aromatic rings. The number of Topliss-reactive ketones (excluding diaryl/α,β-unsaturated/α-hetero) is 2. The molecule has 0 amide bonds. The monoisotopic (exact) mass is 314 g/mol. The number of allylic oxidation sites excluding steroid dienone is 4. The Morgan fingerprint density at radius 1 is 1.17 bits per heavy atom. The average Bonchev–Trinajstić information content (AvgIpc) is 2.81. The van der Waals surface area contributed by atoms with Crippen LogP contribution in [0.25, 0.3) is 0 Å². The molecule has 0 N–H and O–H groups in total. The summed E-state index contributed by atoms with van der Waals surface area (Å²) >= 11 is 0. The van der Waals surface area contributed by atoms with E-state index in [-0.39, 0.29) is 16.7 Å². The van der Waals surface area contributed by atoms with Crippen LogP contribution in [0.3, 0.4) is 0 Å². The summed E-state index contributed by atoms with van der Waals surface area (Å²) in [5, 5.41) is 0. The van der Waals surface area contributed by atoms with E-state index in [4.69, 9.17) is 4.74 Å². The molecule has 2 saturated carbocycles. The smallest absolute Gasteiger partial charge is 0.139 e. The van der Waals surface area contributed by atoms with Gasteiger partial charge in [0.05, 0.1) is 12.9 Å². The van der Waals surface area contributed by atoms with Crippen LogP contribution in [0.15, 0.2) is 23.5 Å². The van der Waals surface area contributed by atoms with Gasteiger partial charge >= 0.3 is 0 Å².